The smallest absolute Gasteiger partial charge is 0.248 e. The first-order valence-electron chi connectivity index (χ1n) is 4.02. The fourth-order valence-electron chi connectivity index (χ4n) is 1.15. The molecule has 0 radical (unpaired) electrons. The van der Waals surface area contributed by atoms with Crippen molar-refractivity contribution in [1.82, 2.24) is 4.98 Å². The second-order valence-corrected chi connectivity index (χ2v) is 2.92. The molecule has 0 aromatic carbocycles. The predicted molar refractivity (Wildman–Crippen MR) is 48.4 cm³/mol. The fraction of sp³-hybridized carbons (Fsp3) is 0.333. The molecule has 1 aromatic heterocycles. The number of aliphatic hydroxyl groups excluding tert-OH is 2. The lowest BCUT2D eigenvalue weighted by atomic mass is 10.0. The highest BCUT2D eigenvalue weighted by molar-refractivity contribution is 5.23. The first-order chi connectivity index (χ1) is 6.56. The molecule has 74 valence electrons. The number of pyridine rings is 1. The highest BCUT2D eigenvalue weighted by Gasteiger charge is 2.19. The van der Waals surface area contributed by atoms with Gasteiger partial charge in [0.15, 0.2) is 6.10 Å². The van der Waals surface area contributed by atoms with Crippen LogP contribution in [0.2, 0.25) is 0 Å². The van der Waals surface area contributed by atoms with Crippen molar-refractivity contribution >= 4 is 0 Å². The Bertz CT molecular complexity index is 419. The number of H-pyrrole nitrogens is 1. The average Bonchev–Trinajstić information content (AvgIpc) is 2.15. The highest BCUT2D eigenvalue weighted by Crippen LogP contribution is 2.17. The third-order valence-electron chi connectivity index (χ3n) is 1.91. The molecule has 0 bridgehead atoms. The van der Waals surface area contributed by atoms with Gasteiger partial charge in [0.1, 0.15) is 6.10 Å². The maximum absolute atomic E-state index is 10.8. The Morgan fingerprint density at radius 3 is 2.64 bits per heavy atom. The lowest BCUT2D eigenvalue weighted by molar-refractivity contribution is 0.0521. The highest BCUT2D eigenvalue weighted by atomic mass is 16.3. The van der Waals surface area contributed by atoms with Crippen LogP contribution in [-0.2, 0) is 0 Å². The van der Waals surface area contributed by atoms with Gasteiger partial charge in [-0.3, -0.25) is 4.79 Å². The third-order valence-corrected chi connectivity index (χ3v) is 1.91. The molecule has 0 aliphatic carbocycles. The summed E-state index contributed by atoms with van der Waals surface area (Å²) in [6.45, 7) is 1.59. The van der Waals surface area contributed by atoms with Gasteiger partial charge in [0.2, 0.25) is 5.56 Å². The van der Waals surface area contributed by atoms with Gasteiger partial charge in [-0.15, -0.1) is 0 Å². The number of nitrogens with one attached hydrogen (secondary N) is 1. The molecule has 0 amide bonds. The van der Waals surface area contributed by atoms with Crippen molar-refractivity contribution in [2.75, 3.05) is 0 Å². The summed E-state index contributed by atoms with van der Waals surface area (Å²) in [4.78, 5) is 13.3. The quantitative estimate of drug-likeness (QED) is 0.558. The molecule has 1 aromatic rings. The van der Waals surface area contributed by atoms with E-state index >= 15 is 0 Å². The van der Waals surface area contributed by atoms with Gasteiger partial charge in [0, 0.05) is 17.3 Å². The van der Waals surface area contributed by atoms with Crippen LogP contribution in [-0.4, -0.2) is 21.3 Å². The van der Waals surface area contributed by atoms with Gasteiger partial charge >= 0.3 is 0 Å². The molecule has 1 heterocycles. The van der Waals surface area contributed by atoms with E-state index in [1.165, 1.54) is 18.2 Å². The van der Waals surface area contributed by atoms with Gasteiger partial charge in [-0.2, -0.15) is 5.26 Å². The number of hydrogen-bond acceptors (Lipinski definition) is 4. The molecule has 0 fully saturated rings. The molecule has 5 heteroatoms. The molecule has 1 rings (SSSR count). The van der Waals surface area contributed by atoms with Crippen molar-refractivity contribution < 1.29 is 10.2 Å². The Kier molecular flexibility index (Phi) is 3.02. The van der Waals surface area contributed by atoms with Crippen LogP contribution in [0, 0.1) is 18.3 Å². The van der Waals surface area contributed by atoms with Gasteiger partial charge in [0.05, 0.1) is 6.07 Å². The molecule has 0 saturated carbocycles. The number of hydrogen-bond donors (Lipinski definition) is 3. The summed E-state index contributed by atoms with van der Waals surface area (Å²) in [6.07, 6.45) is -2.78. The van der Waals surface area contributed by atoms with E-state index < -0.39 is 12.2 Å². The van der Waals surface area contributed by atoms with Crippen LogP contribution in [0.15, 0.2) is 16.9 Å². The van der Waals surface area contributed by atoms with Crippen molar-refractivity contribution in [2.24, 2.45) is 0 Å². The van der Waals surface area contributed by atoms with Crippen molar-refractivity contribution in [2.45, 2.75) is 19.1 Å². The van der Waals surface area contributed by atoms with Crippen LogP contribution in [0.5, 0.6) is 0 Å². The lowest BCUT2D eigenvalue weighted by Gasteiger charge is -2.13. The minimum atomic E-state index is -1.49. The molecule has 2 atom stereocenters. The van der Waals surface area contributed by atoms with Crippen LogP contribution in [0.1, 0.15) is 17.4 Å². The van der Waals surface area contributed by atoms with Gasteiger partial charge in [0.25, 0.3) is 0 Å². The number of aliphatic hydroxyl groups is 2. The standard InChI is InChI=1S/C9H10N2O3/c1-5-6(2-3-8(13)11-5)9(14)7(12)4-10/h2-3,7,9,12,14H,1H3,(H,11,13). The summed E-state index contributed by atoms with van der Waals surface area (Å²) in [5, 5.41) is 26.9. The Balaban J connectivity index is 3.09. The number of nitrogens with zero attached hydrogens (tertiary/aromatic N) is 1. The summed E-state index contributed by atoms with van der Waals surface area (Å²) in [5.74, 6) is 0. The van der Waals surface area contributed by atoms with E-state index in [9.17, 15) is 9.90 Å². The molecule has 0 aliphatic rings. The molecule has 14 heavy (non-hydrogen) atoms. The molecular formula is C9H10N2O3. The van der Waals surface area contributed by atoms with E-state index in [0.29, 0.717) is 11.3 Å². The molecule has 0 spiro atoms. The number of aryl methyl sites for hydroxylation is 1. The maximum Gasteiger partial charge on any atom is 0.248 e. The van der Waals surface area contributed by atoms with Crippen LogP contribution in [0.4, 0.5) is 0 Å². The topological polar surface area (TPSA) is 97.1 Å². The second-order valence-electron chi connectivity index (χ2n) is 2.92. The minimum Gasteiger partial charge on any atom is -0.384 e. The number of rotatable bonds is 2. The Morgan fingerprint density at radius 1 is 1.50 bits per heavy atom. The minimum absolute atomic E-state index is 0.287. The van der Waals surface area contributed by atoms with Crippen LogP contribution in [0.25, 0.3) is 0 Å². The van der Waals surface area contributed by atoms with Gasteiger partial charge in [-0.05, 0) is 13.0 Å². The summed E-state index contributed by atoms with van der Waals surface area (Å²) in [5.41, 5.74) is 0.503. The Labute approximate surface area is 80.3 Å². The SMILES string of the molecule is Cc1[nH]c(=O)ccc1C(O)C(O)C#N. The predicted octanol–water partition coefficient (Wildman–Crippen LogP) is -0.399. The monoisotopic (exact) mass is 194 g/mol. The average molecular weight is 194 g/mol. The largest absolute Gasteiger partial charge is 0.384 e. The second kappa shape index (κ2) is 4.05. The molecule has 2 unspecified atom stereocenters. The van der Waals surface area contributed by atoms with Gasteiger partial charge in [-0.25, -0.2) is 0 Å². The molecular weight excluding hydrogens is 184 g/mol. The Morgan fingerprint density at radius 2 is 2.14 bits per heavy atom. The van der Waals surface area contributed by atoms with E-state index in [1.54, 1.807) is 6.92 Å². The van der Waals surface area contributed by atoms with Gasteiger partial charge < -0.3 is 15.2 Å². The van der Waals surface area contributed by atoms with Crippen molar-refractivity contribution in [3.8, 4) is 6.07 Å². The lowest BCUT2D eigenvalue weighted by Crippen LogP contribution is -2.19. The number of nitriles is 1. The zero-order valence-corrected chi connectivity index (χ0v) is 7.56. The third kappa shape index (κ3) is 1.99. The van der Waals surface area contributed by atoms with E-state index in [1.807, 2.05) is 0 Å². The van der Waals surface area contributed by atoms with Gasteiger partial charge in [-0.1, -0.05) is 0 Å². The molecule has 5 nitrogen and oxygen atoms in total. The fourth-order valence-corrected chi connectivity index (χ4v) is 1.15. The summed E-state index contributed by atoms with van der Waals surface area (Å²) in [6, 6.07) is 4.14. The van der Waals surface area contributed by atoms with Crippen LogP contribution >= 0.6 is 0 Å². The van der Waals surface area contributed by atoms with Crippen molar-refractivity contribution in [1.29, 1.82) is 5.26 Å². The van der Waals surface area contributed by atoms with E-state index in [0.717, 1.165) is 0 Å². The zero-order chi connectivity index (χ0) is 10.7. The summed E-state index contributed by atoms with van der Waals surface area (Å²) < 4.78 is 0. The Hall–Kier alpha value is -1.64. The van der Waals surface area contributed by atoms with Crippen molar-refractivity contribution in [3.05, 3.63) is 33.7 Å². The molecule has 0 aliphatic heterocycles. The first-order valence-corrected chi connectivity index (χ1v) is 4.02. The summed E-state index contributed by atoms with van der Waals surface area (Å²) in [7, 11) is 0. The van der Waals surface area contributed by atoms with E-state index in [4.69, 9.17) is 10.4 Å². The number of aromatic amines is 1. The zero-order valence-electron chi connectivity index (χ0n) is 7.56. The van der Waals surface area contributed by atoms with E-state index in [-0.39, 0.29) is 5.56 Å². The van der Waals surface area contributed by atoms with Crippen LogP contribution < -0.4 is 5.56 Å². The number of aromatic nitrogens is 1. The van der Waals surface area contributed by atoms with Crippen LogP contribution in [0.3, 0.4) is 0 Å². The van der Waals surface area contributed by atoms with Crippen molar-refractivity contribution in [3.63, 3.8) is 0 Å². The van der Waals surface area contributed by atoms with E-state index in [2.05, 4.69) is 4.98 Å². The molecule has 3 N–H and O–H groups in total. The normalized spacial score (nSPS) is 14.4. The maximum atomic E-state index is 10.8. The first kappa shape index (κ1) is 10.4. The summed E-state index contributed by atoms with van der Waals surface area (Å²) >= 11 is 0. The molecule has 0 saturated heterocycles.